The van der Waals surface area contributed by atoms with E-state index in [0.717, 1.165) is 4.90 Å². The number of hydrogen-bond acceptors (Lipinski definition) is 8. The molecule has 0 saturated carbocycles. The Kier molecular flexibility index (Phi) is 4.96. The molecule has 2 aliphatic rings. The van der Waals surface area contributed by atoms with Crippen molar-refractivity contribution >= 4 is 27.7 Å². The molecule has 2 heterocycles. The van der Waals surface area contributed by atoms with Gasteiger partial charge in [-0.1, -0.05) is 18.2 Å². The number of ether oxygens (including phenoxy) is 2. The molecule has 1 amide bonds. The van der Waals surface area contributed by atoms with E-state index >= 15 is 0 Å². The molecule has 1 unspecified atom stereocenters. The fourth-order valence-corrected chi connectivity index (χ4v) is 5.91. The van der Waals surface area contributed by atoms with Crippen molar-refractivity contribution in [3.8, 4) is 0 Å². The van der Waals surface area contributed by atoms with Crippen LogP contribution in [0.3, 0.4) is 0 Å². The molecule has 10 heteroatoms. The minimum absolute atomic E-state index is 0.262. The summed E-state index contributed by atoms with van der Waals surface area (Å²) in [6, 6.07) is 6.68. The Hall–Kier alpha value is -2.46. The van der Waals surface area contributed by atoms with Gasteiger partial charge < -0.3 is 19.5 Å². The van der Waals surface area contributed by atoms with Crippen LogP contribution in [0.4, 0.5) is 0 Å². The highest BCUT2D eigenvalue weighted by molar-refractivity contribution is 7.93. The molecule has 1 aromatic carbocycles. The van der Waals surface area contributed by atoms with Crippen molar-refractivity contribution in [2.24, 2.45) is 5.92 Å². The molecule has 152 valence electrons. The molecule has 2 fully saturated rings. The predicted molar refractivity (Wildman–Crippen MR) is 95.4 cm³/mol. The molecule has 1 aromatic rings. The number of sulfone groups is 1. The summed E-state index contributed by atoms with van der Waals surface area (Å²) < 4.78 is 34.1. The van der Waals surface area contributed by atoms with Crippen LogP contribution in [0.1, 0.15) is 31.1 Å². The molecule has 0 aliphatic carbocycles. The Bertz CT molecular complexity index is 911. The molecule has 0 aromatic heterocycles. The van der Waals surface area contributed by atoms with Crippen LogP contribution in [-0.2, 0) is 28.9 Å². The number of benzene rings is 1. The maximum Gasteiger partial charge on any atom is 0.341 e. The van der Waals surface area contributed by atoms with Gasteiger partial charge in [0.2, 0.25) is 12.2 Å². The Morgan fingerprint density at radius 2 is 1.82 bits per heavy atom. The molecule has 9 nitrogen and oxygen atoms in total. The third-order valence-electron chi connectivity index (χ3n) is 5.16. The van der Waals surface area contributed by atoms with E-state index in [1.807, 2.05) is 0 Å². The highest BCUT2D eigenvalue weighted by Crippen LogP contribution is 2.48. The van der Waals surface area contributed by atoms with Crippen LogP contribution in [0.25, 0.3) is 0 Å². The number of esters is 2. The second kappa shape index (κ2) is 6.85. The Morgan fingerprint density at radius 3 is 2.39 bits per heavy atom. The third kappa shape index (κ3) is 2.87. The number of aliphatic hydroxyl groups is 1. The molecule has 0 radical (unpaired) electrons. The first kappa shape index (κ1) is 20.3. The number of nitrogens with zero attached hydrogens (tertiary/aromatic N) is 1. The van der Waals surface area contributed by atoms with Crippen molar-refractivity contribution in [1.29, 1.82) is 0 Å². The van der Waals surface area contributed by atoms with Crippen molar-refractivity contribution in [3.05, 3.63) is 35.9 Å². The topological polar surface area (TPSA) is 127 Å². The highest BCUT2D eigenvalue weighted by atomic mass is 32.2. The van der Waals surface area contributed by atoms with Crippen molar-refractivity contribution < 1.29 is 37.4 Å². The van der Waals surface area contributed by atoms with Crippen LogP contribution in [-0.4, -0.2) is 65.3 Å². The van der Waals surface area contributed by atoms with Crippen LogP contribution in [0.5, 0.6) is 0 Å². The van der Waals surface area contributed by atoms with E-state index in [0.29, 0.717) is 0 Å². The van der Waals surface area contributed by atoms with Gasteiger partial charge >= 0.3 is 11.9 Å². The molecule has 3 rings (SSSR count). The van der Waals surface area contributed by atoms with Crippen LogP contribution >= 0.6 is 0 Å². The minimum Gasteiger partial charge on any atom is -0.424 e. The van der Waals surface area contributed by atoms with Gasteiger partial charge in [-0.3, -0.25) is 4.79 Å². The maximum absolute atomic E-state index is 12.8. The van der Waals surface area contributed by atoms with Gasteiger partial charge in [0, 0.05) is 6.92 Å². The summed E-state index contributed by atoms with van der Waals surface area (Å²) in [5, 5.41) is 8.03. The lowest BCUT2D eigenvalue weighted by molar-refractivity contribution is -0.181. The zero-order valence-corrected chi connectivity index (χ0v) is 16.4. The third-order valence-corrected chi connectivity index (χ3v) is 8.04. The van der Waals surface area contributed by atoms with Gasteiger partial charge in [-0.25, -0.2) is 18.0 Å². The summed E-state index contributed by atoms with van der Waals surface area (Å²) in [4.78, 5) is 37.9. The summed E-state index contributed by atoms with van der Waals surface area (Å²) in [6.07, 6.45) is -1.29. The Morgan fingerprint density at radius 1 is 1.21 bits per heavy atom. The van der Waals surface area contributed by atoms with Crippen molar-refractivity contribution in [3.63, 3.8) is 0 Å². The lowest BCUT2D eigenvalue weighted by Gasteiger charge is -2.42. The van der Waals surface area contributed by atoms with Gasteiger partial charge in [0.05, 0.1) is 22.8 Å². The normalized spacial score (nSPS) is 28.1. The van der Waals surface area contributed by atoms with Crippen molar-refractivity contribution in [1.82, 2.24) is 4.90 Å². The van der Waals surface area contributed by atoms with Crippen LogP contribution in [0, 0.1) is 5.92 Å². The van der Waals surface area contributed by atoms with Crippen LogP contribution in [0.2, 0.25) is 0 Å². The van der Waals surface area contributed by atoms with E-state index in [4.69, 9.17) is 9.47 Å². The maximum atomic E-state index is 12.8. The molecule has 0 spiro atoms. The summed E-state index contributed by atoms with van der Waals surface area (Å²) in [6.45, 7) is 3.35. The summed E-state index contributed by atoms with van der Waals surface area (Å²) >= 11 is 0. The van der Waals surface area contributed by atoms with E-state index in [-0.39, 0.29) is 5.56 Å². The lowest BCUT2D eigenvalue weighted by Crippen LogP contribution is -2.64. The predicted octanol–water partition coefficient (Wildman–Crippen LogP) is 0.0850. The number of carbonyl (C=O) groups is 3. The van der Waals surface area contributed by atoms with Gasteiger partial charge in [-0.05, 0) is 26.0 Å². The van der Waals surface area contributed by atoms with E-state index in [9.17, 15) is 27.9 Å². The molecule has 0 bridgehead atoms. The number of aliphatic hydroxyl groups excluding tert-OH is 1. The van der Waals surface area contributed by atoms with Crippen LogP contribution < -0.4 is 0 Å². The second-order valence-electron chi connectivity index (χ2n) is 7.25. The number of fused-ring (bicyclic) bond motifs is 1. The average molecular weight is 411 g/mol. The van der Waals surface area contributed by atoms with Crippen molar-refractivity contribution in [2.75, 3.05) is 6.61 Å². The molecule has 2 saturated heterocycles. The van der Waals surface area contributed by atoms with Gasteiger partial charge in [-0.2, -0.15) is 0 Å². The fraction of sp³-hybridized carbons (Fsp3) is 0.500. The second-order valence-corrected chi connectivity index (χ2v) is 9.88. The smallest absolute Gasteiger partial charge is 0.341 e. The summed E-state index contributed by atoms with van der Waals surface area (Å²) in [5.74, 6) is -3.42. The van der Waals surface area contributed by atoms with Gasteiger partial charge in [0.15, 0.2) is 9.84 Å². The first-order chi connectivity index (χ1) is 13.0. The summed E-state index contributed by atoms with van der Waals surface area (Å²) in [5.41, 5.74) is 0.262. The monoisotopic (exact) mass is 411 g/mol. The molecular formula is C18H21NO8S. The first-order valence-corrected chi connectivity index (χ1v) is 10.2. The number of amides is 1. The fourth-order valence-electron chi connectivity index (χ4n) is 3.60. The highest BCUT2D eigenvalue weighted by Gasteiger charge is 2.72. The van der Waals surface area contributed by atoms with Gasteiger partial charge in [0.1, 0.15) is 11.4 Å². The SMILES string of the molecule is CC(OC(=O)c1ccccc1)OC(=O)[C@@H]1N2C(=O)[C@@H](CO)[C@H]2S(=O)(=O)C1(C)C. The van der Waals surface area contributed by atoms with Gasteiger partial charge in [-0.15, -0.1) is 0 Å². The molecule has 1 N–H and O–H groups in total. The number of rotatable bonds is 5. The molecule has 2 aliphatic heterocycles. The standard InChI is InChI=1S/C18H21NO8S/c1-10(26-16(22)11-7-5-4-6-8-11)27-17(23)13-18(2,3)28(24,25)15-12(9-20)14(21)19(13)15/h4-8,10,12-13,15,20H,9H2,1-3H3/t10?,12-,13+,15-/m1/s1. The van der Waals surface area contributed by atoms with Crippen LogP contribution in [0.15, 0.2) is 30.3 Å². The van der Waals surface area contributed by atoms with E-state index in [2.05, 4.69) is 0 Å². The summed E-state index contributed by atoms with van der Waals surface area (Å²) in [7, 11) is -3.92. The Labute approximate surface area is 162 Å². The van der Waals surface area contributed by atoms with E-state index in [1.165, 1.54) is 32.9 Å². The number of β-lactam (4-membered cyclic amide) rings is 1. The lowest BCUT2D eigenvalue weighted by atomic mass is 9.92. The first-order valence-electron chi connectivity index (χ1n) is 8.67. The zero-order chi connectivity index (χ0) is 20.9. The van der Waals surface area contributed by atoms with Crippen molar-refractivity contribution in [2.45, 2.75) is 43.2 Å². The largest absolute Gasteiger partial charge is 0.424 e. The molecule has 28 heavy (non-hydrogen) atoms. The van der Waals surface area contributed by atoms with E-state index < -0.39 is 62.7 Å². The average Bonchev–Trinajstić information content (AvgIpc) is 2.77. The quantitative estimate of drug-likeness (QED) is 0.410. The molecule has 4 atom stereocenters. The van der Waals surface area contributed by atoms with Gasteiger partial charge in [0.25, 0.3) is 0 Å². The zero-order valence-electron chi connectivity index (χ0n) is 15.6. The molecular weight excluding hydrogens is 390 g/mol. The van der Waals surface area contributed by atoms with E-state index in [1.54, 1.807) is 18.2 Å². The Balaban J connectivity index is 1.75. The number of hydrogen-bond donors (Lipinski definition) is 1. The number of carbonyl (C=O) groups excluding carboxylic acids is 3. The minimum atomic E-state index is -3.92.